The third kappa shape index (κ3) is 4.34. The Morgan fingerprint density at radius 2 is 1.82 bits per heavy atom. The quantitative estimate of drug-likeness (QED) is 0.519. The number of ether oxygens (including phenoxy) is 1. The highest BCUT2D eigenvalue weighted by molar-refractivity contribution is 5.99. The van der Waals surface area contributed by atoms with Gasteiger partial charge in [0.1, 0.15) is 0 Å². The average Bonchev–Trinajstić information content (AvgIpc) is 3.16. The summed E-state index contributed by atoms with van der Waals surface area (Å²) in [6, 6.07) is 11.3. The highest BCUT2D eigenvalue weighted by atomic mass is 19.4. The Morgan fingerprint density at radius 1 is 1.12 bits per heavy atom. The summed E-state index contributed by atoms with van der Waals surface area (Å²) in [5, 5.41) is 5.81. The Labute approximate surface area is 195 Å². The van der Waals surface area contributed by atoms with E-state index in [1.54, 1.807) is 10.7 Å². The number of pyridine rings is 1. The molecule has 0 bridgehead atoms. The molecule has 0 N–H and O–H groups in total. The lowest BCUT2D eigenvalue weighted by Gasteiger charge is -2.37. The number of benzene rings is 1. The number of fused-ring (bicyclic) bond motifs is 1. The highest BCUT2D eigenvalue weighted by Crippen LogP contribution is 2.43. The first kappa shape index (κ1) is 22.6. The van der Waals surface area contributed by atoms with Crippen LogP contribution in [0.4, 0.5) is 18.9 Å². The molecule has 1 aliphatic carbocycles. The van der Waals surface area contributed by atoms with Gasteiger partial charge in [-0.3, -0.25) is 4.90 Å². The van der Waals surface area contributed by atoms with Gasteiger partial charge in [0, 0.05) is 32.1 Å². The molecule has 0 atom stereocenters. The molecule has 1 saturated carbocycles. The average molecular weight is 473 g/mol. The van der Waals surface area contributed by atoms with E-state index in [9.17, 15) is 18.0 Å². The normalized spacial score (nSPS) is 17.7. The Kier molecular flexibility index (Phi) is 5.93. The molecular weight excluding hydrogens is 447 g/mol. The van der Waals surface area contributed by atoms with Gasteiger partial charge < -0.3 is 9.64 Å². The second kappa shape index (κ2) is 8.90. The van der Waals surface area contributed by atoms with Gasteiger partial charge in [-0.15, -0.1) is 0 Å². The second-order valence-corrected chi connectivity index (χ2v) is 8.86. The van der Waals surface area contributed by atoms with Crippen molar-refractivity contribution in [3.63, 3.8) is 0 Å². The Morgan fingerprint density at radius 3 is 2.41 bits per heavy atom. The third-order valence-corrected chi connectivity index (χ3v) is 6.65. The summed E-state index contributed by atoms with van der Waals surface area (Å²) in [6.07, 6.45) is -1.04. The first-order chi connectivity index (χ1) is 16.3. The minimum absolute atomic E-state index is 0.153. The van der Waals surface area contributed by atoms with Gasteiger partial charge in [-0.05, 0) is 31.0 Å². The van der Waals surface area contributed by atoms with Crippen molar-refractivity contribution < 1.29 is 22.7 Å². The maximum absolute atomic E-state index is 12.9. The molecule has 1 aromatic carbocycles. The van der Waals surface area contributed by atoms with Crippen LogP contribution in [0.3, 0.4) is 0 Å². The number of para-hydroxylation sites is 1. The van der Waals surface area contributed by atoms with Crippen molar-refractivity contribution in [1.82, 2.24) is 19.7 Å². The molecule has 0 spiro atoms. The van der Waals surface area contributed by atoms with E-state index in [2.05, 4.69) is 4.98 Å². The summed E-state index contributed by atoms with van der Waals surface area (Å²) in [5.41, 5.74) is 3.25. The predicted octanol–water partition coefficient (Wildman–Crippen LogP) is 4.16. The van der Waals surface area contributed by atoms with Crippen LogP contribution in [0.5, 0.6) is 0 Å². The number of carbonyl (C=O) groups is 1. The molecule has 180 valence electrons. The molecule has 3 heterocycles. The first-order valence-corrected chi connectivity index (χ1v) is 11.5. The number of rotatable bonds is 5. The summed E-state index contributed by atoms with van der Waals surface area (Å²) in [7, 11) is 1.30. The van der Waals surface area contributed by atoms with E-state index in [-0.39, 0.29) is 18.8 Å². The molecule has 0 unspecified atom stereocenters. The number of nitrogens with zero attached hydrogens (tertiary/aromatic N) is 5. The fourth-order valence-corrected chi connectivity index (χ4v) is 4.70. The fraction of sp³-hybridized carbons (Fsp3) is 0.458. The minimum Gasteiger partial charge on any atom is -0.464 e. The molecule has 1 saturated heterocycles. The zero-order chi connectivity index (χ0) is 23.9. The van der Waals surface area contributed by atoms with Crippen molar-refractivity contribution in [2.75, 3.05) is 44.7 Å². The number of aromatic nitrogens is 3. The lowest BCUT2D eigenvalue weighted by atomic mass is 9.82. The highest BCUT2D eigenvalue weighted by Gasteiger charge is 2.34. The van der Waals surface area contributed by atoms with Crippen LogP contribution >= 0.6 is 0 Å². The standard InChI is InChI=1S/C24H26F3N5O2/c1-34-23(33)18-14-19(31-12-10-30(11-13-31)15-24(25,26)27)20-21(16-6-5-7-16)29-32(22(20)28-18)17-8-3-2-4-9-17/h2-4,8-9,14,16H,5-7,10-13,15H2,1H3. The van der Waals surface area contributed by atoms with Crippen LogP contribution < -0.4 is 4.90 Å². The van der Waals surface area contributed by atoms with E-state index in [1.165, 1.54) is 12.0 Å². The molecule has 5 rings (SSSR count). The van der Waals surface area contributed by atoms with Crippen LogP contribution in [-0.4, -0.2) is 71.6 Å². The second-order valence-electron chi connectivity index (χ2n) is 8.86. The van der Waals surface area contributed by atoms with Gasteiger partial charge >= 0.3 is 12.1 Å². The van der Waals surface area contributed by atoms with Gasteiger partial charge in [-0.1, -0.05) is 24.6 Å². The van der Waals surface area contributed by atoms with Crippen molar-refractivity contribution in [2.45, 2.75) is 31.4 Å². The molecule has 7 nitrogen and oxygen atoms in total. The fourth-order valence-electron chi connectivity index (χ4n) is 4.70. The maximum Gasteiger partial charge on any atom is 0.401 e. The zero-order valence-electron chi connectivity index (χ0n) is 18.9. The Bertz CT molecular complexity index is 1180. The van der Waals surface area contributed by atoms with E-state index in [1.807, 2.05) is 35.2 Å². The molecule has 2 aliphatic rings. The number of hydrogen-bond donors (Lipinski definition) is 0. The number of piperazine rings is 1. The molecule has 2 aromatic heterocycles. The van der Waals surface area contributed by atoms with Crippen LogP contribution in [0, 0.1) is 0 Å². The van der Waals surface area contributed by atoms with Crippen LogP contribution in [0.15, 0.2) is 36.4 Å². The number of halogens is 3. The number of methoxy groups -OCH3 is 1. The van der Waals surface area contributed by atoms with E-state index >= 15 is 0 Å². The number of esters is 1. The third-order valence-electron chi connectivity index (χ3n) is 6.65. The topological polar surface area (TPSA) is 63.5 Å². The van der Waals surface area contributed by atoms with Crippen molar-refractivity contribution in [3.05, 3.63) is 47.8 Å². The summed E-state index contributed by atoms with van der Waals surface area (Å²) in [4.78, 5) is 20.6. The van der Waals surface area contributed by atoms with Crippen LogP contribution in [0.2, 0.25) is 0 Å². The van der Waals surface area contributed by atoms with Gasteiger partial charge in [-0.2, -0.15) is 18.3 Å². The van der Waals surface area contributed by atoms with Crippen LogP contribution in [0.25, 0.3) is 16.7 Å². The Balaban J connectivity index is 1.62. The van der Waals surface area contributed by atoms with Gasteiger partial charge in [0.2, 0.25) is 0 Å². The summed E-state index contributed by atoms with van der Waals surface area (Å²) in [6.45, 7) is 0.469. The number of carbonyl (C=O) groups excluding carboxylic acids is 1. The van der Waals surface area contributed by atoms with E-state index in [4.69, 9.17) is 9.84 Å². The van der Waals surface area contributed by atoms with E-state index in [0.29, 0.717) is 24.7 Å². The SMILES string of the molecule is COC(=O)c1cc(N2CCN(CC(F)(F)F)CC2)c2c(C3CCC3)nn(-c3ccccc3)c2n1. The largest absolute Gasteiger partial charge is 0.464 e. The molecule has 10 heteroatoms. The van der Waals surface area contributed by atoms with E-state index in [0.717, 1.165) is 41.7 Å². The number of anilines is 1. The van der Waals surface area contributed by atoms with Gasteiger partial charge in [0.15, 0.2) is 11.3 Å². The first-order valence-electron chi connectivity index (χ1n) is 11.5. The number of alkyl halides is 3. The zero-order valence-corrected chi connectivity index (χ0v) is 18.9. The van der Waals surface area contributed by atoms with Crippen molar-refractivity contribution in [2.24, 2.45) is 0 Å². The Hall–Kier alpha value is -3.14. The molecule has 34 heavy (non-hydrogen) atoms. The van der Waals surface area contributed by atoms with Gasteiger partial charge in [0.25, 0.3) is 0 Å². The molecule has 0 amide bonds. The molecule has 3 aromatic rings. The summed E-state index contributed by atoms with van der Waals surface area (Å²) in [5.74, 6) is -0.270. The lowest BCUT2D eigenvalue weighted by Crippen LogP contribution is -2.49. The van der Waals surface area contributed by atoms with Crippen LogP contribution in [0.1, 0.15) is 41.4 Å². The predicted molar refractivity (Wildman–Crippen MR) is 122 cm³/mol. The van der Waals surface area contributed by atoms with Gasteiger partial charge in [-0.25, -0.2) is 14.5 Å². The molecule has 0 radical (unpaired) electrons. The lowest BCUT2D eigenvalue weighted by molar-refractivity contribution is -0.146. The van der Waals surface area contributed by atoms with Crippen molar-refractivity contribution in [1.29, 1.82) is 0 Å². The van der Waals surface area contributed by atoms with Crippen molar-refractivity contribution in [3.8, 4) is 5.69 Å². The maximum atomic E-state index is 12.9. The van der Waals surface area contributed by atoms with Crippen molar-refractivity contribution >= 4 is 22.7 Å². The molecule has 1 aliphatic heterocycles. The smallest absolute Gasteiger partial charge is 0.401 e. The van der Waals surface area contributed by atoms with Gasteiger partial charge in [0.05, 0.1) is 36.1 Å². The summed E-state index contributed by atoms with van der Waals surface area (Å²) < 4.78 is 45.3. The number of hydrogen-bond acceptors (Lipinski definition) is 6. The minimum atomic E-state index is -4.22. The van der Waals surface area contributed by atoms with Crippen LogP contribution in [-0.2, 0) is 4.74 Å². The molecular formula is C24H26F3N5O2. The monoisotopic (exact) mass is 473 g/mol. The van der Waals surface area contributed by atoms with E-state index < -0.39 is 18.7 Å². The molecule has 2 fully saturated rings. The summed E-state index contributed by atoms with van der Waals surface area (Å²) >= 11 is 0.